The largest absolute Gasteiger partial charge is 0.270 e. The van der Waals surface area contributed by atoms with Crippen molar-refractivity contribution in [2.45, 2.75) is 19.8 Å². The average molecular weight is 303 g/mol. The first-order valence-corrected chi connectivity index (χ1v) is 8.04. The fraction of sp³-hybridized carbons (Fsp3) is 0.556. The number of halogens is 2. The van der Waals surface area contributed by atoms with Gasteiger partial charge in [0, 0.05) is 11.3 Å². The van der Waals surface area contributed by atoms with Crippen LogP contribution in [0.2, 0.25) is 9.36 Å². The van der Waals surface area contributed by atoms with Gasteiger partial charge in [-0.05, 0) is 12.0 Å². The van der Waals surface area contributed by atoms with E-state index in [2.05, 4.69) is 4.18 Å². The minimum atomic E-state index is -3.38. The van der Waals surface area contributed by atoms with E-state index in [1.165, 1.54) is 11.3 Å². The molecule has 0 bridgehead atoms. The van der Waals surface area contributed by atoms with Crippen molar-refractivity contribution < 1.29 is 12.6 Å². The molecule has 0 saturated carbocycles. The topological polar surface area (TPSA) is 43.4 Å². The third-order valence-corrected chi connectivity index (χ3v) is 4.69. The molecule has 0 aromatic carbocycles. The second-order valence-corrected chi connectivity index (χ2v) is 6.95. The maximum absolute atomic E-state index is 10.8. The van der Waals surface area contributed by atoms with Gasteiger partial charge in [0.05, 0.1) is 17.9 Å². The molecule has 1 aromatic rings. The summed E-state index contributed by atoms with van der Waals surface area (Å²) in [6, 6.07) is 0. The van der Waals surface area contributed by atoms with Gasteiger partial charge in [0.15, 0.2) is 0 Å². The minimum absolute atomic E-state index is 0.124. The summed E-state index contributed by atoms with van der Waals surface area (Å²) in [5.74, 6) is 0. The minimum Gasteiger partial charge on any atom is -0.270 e. The lowest BCUT2D eigenvalue weighted by molar-refractivity contribution is 0.326. The van der Waals surface area contributed by atoms with E-state index in [-0.39, 0.29) is 6.61 Å². The van der Waals surface area contributed by atoms with E-state index in [4.69, 9.17) is 23.2 Å². The molecule has 0 aliphatic rings. The fourth-order valence-electron chi connectivity index (χ4n) is 1.30. The molecule has 7 heteroatoms. The molecule has 1 rings (SSSR count). The van der Waals surface area contributed by atoms with E-state index in [9.17, 15) is 8.42 Å². The fourth-order valence-corrected chi connectivity index (χ4v) is 3.48. The van der Waals surface area contributed by atoms with E-state index >= 15 is 0 Å². The molecule has 3 nitrogen and oxygen atoms in total. The Hall–Kier alpha value is 0.190. The van der Waals surface area contributed by atoms with Gasteiger partial charge in [-0.25, -0.2) is 0 Å². The number of rotatable bonds is 5. The second kappa shape index (κ2) is 5.69. The summed E-state index contributed by atoms with van der Waals surface area (Å²) in [4.78, 5) is 0.987. The molecule has 92 valence electrons. The standard InChI is InChI=1S/C9H12Cl2O3S2/c1-3-6-7(15-9(11)8(6)10)4-5-14-16(2,12)13/h3-5H2,1-2H3. The van der Waals surface area contributed by atoms with Crippen molar-refractivity contribution in [3.63, 3.8) is 0 Å². The zero-order valence-electron chi connectivity index (χ0n) is 8.92. The lowest BCUT2D eigenvalue weighted by Crippen LogP contribution is -2.06. The van der Waals surface area contributed by atoms with E-state index in [1.54, 1.807) is 0 Å². The van der Waals surface area contributed by atoms with Crippen molar-refractivity contribution in [1.82, 2.24) is 0 Å². The first-order valence-electron chi connectivity index (χ1n) is 4.65. The molecule has 1 heterocycles. The van der Waals surface area contributed by atoms with Crippen LogP contribution in [-0.2, 0) is 27.1 Å². The number of hydrogen-bond donors (Lipinski definition) is 0. The average Bonchev–Trinajstić information content (AvgIpc) is 2.40. The highest BCUT2D eigenvalue weighted by molar-refractivity contribution is 7.85. The molecule has 0 unspecified atom stereocenters. The van der Waals surface area contributed by atoms with Gasteiger partial charge in [-0.2, -0.15) is 8.42 Å². The van der Waals surface area contributed by atoms with Crippen molar-refractivity contribution in [1.29, 1.82) is 0 Å². The predicted molar refractivity (Wildman–Crippen MR) is 68.2 cm³/mol. The monoisotopic (exact) mass is 302 g/mol. The van der Waals surface area contributed by atoms with Gasteiger partial charge in [-0.1, -0.05) is 30.1 Å². The Bertz CT molecular complexity index is 465. The van der Waals surface area contributed by atoms with Crippen LogP contribution in [0.15, 0.2) is 0 Å². The van der Waals surface area contributed by atoms with Crippen molar-refractivity contribution in [2.75, 3.05) is 12.9 Å². The molecule has 0 saturated heterocycles. The second-order valence-electron chi connectivity index (χ2n) is 3.22. The van der Waals surface area contributed by atoms with Crippen LogP contribution in [0.25, 0.3) is 0 Å². The normalized spacial score (nSPS) is 12.0. The molecular weight excluding hydrogens is 291 g/mol. The van der Waals surface area contributed by atoms with Gasteiger partial charge < -0.3 is 0 Å². The van der Waals surface area contributed by atoms with E-state index in [0.717, 1.165) is 23.1 Å². The summed E-state index contributed by atoms with van der Waals surface area (Å²) >= 11 is 13.3. The zero-order chi connectivity index (χ0) is 12.3. The Morgan fingerprint density at radius 1 is 1.38 bits per heavy atom. The van der Waals surface area contributed by atoms with Gasteiger partial charge in [0.1, 0.15) is 4.34 Å². The number of thiophene rings is 1. The third kappa shape index (κ3) is 3.89. The number of hydrogen-bond acceptors (Lipinski definition) is 4. The molecule has 0 N–H and O–H groups in total. The summed E-state index contributed by atoms with van der Waals surface area (Å²) in [6.07, 6.45) is 2.31. The molecule has 1 aromatic heterocycles. The summed E-state index contributed by atoms with van der Waals surface area (Å²) < 4.78 is 26.8. The lowest BCUT2D eigenvalue weighted by atomic mass is 10.2. The summed E-state index contributed by atoms with van der Waals surface area (Å²) in [5, 5.41) is 0.573. The van der Waals surface area contributed by atoms with Crippen LogP contribution in [-0.4, -0.2) is 21.3 Å². The van der Waals surface area contributed by atoms with E-state index in [1.807, 2.05) is 6.92 Å². The quantitative estimate of drug-likeness (QED) is 0.785. The van der Waals surface area contributed by atoms with Crippen molar-refractivity contribution >= 4 is 44.7 Å². The van der Waals surface area contributed by atoms with Crippen molar-refractivity contribution in [3.05, 3.63) is 19.8 Å². The lowest BCUT2D eigenvalue weighted by Gasteiger charge is -2.02. The molecule has 0 amide bonds. The molecule has 0 spiro atoms. The molecule has 16 heavy (non-hydrogen) atoms. The van der Waals surface area contributed by atoms with E-state index < -0.39 is 10.1 Å². The highest BCUT2D eigenvalue weighted by atomic mass is 35.5. The SMILES string of the molecule is CCc1c(CCOS(C)(=O)=O)sc(Cl)c1Cl. The predicted octanol–water partition coefficient (Wildman–Crippen LogP) is 3.14. The van der Waals surface area contributed by atoms with Crippen LogP contribution in [0.1, 0.15) is 17.4 Å². The molecular formula is C9H12Cl2O3S2. The highest BCUT2D eigenvalue weighted by Gasteiger charge is 2.14. The van der Waals surface area contributed by atoms with Crippen molar-refractivity contribution in [3.8, 4) is 0 Å². The van der Waals surface area contributed by atoms with Crippen molar-refractivity contribution in [2.24, 2.45) is 0 Å². The van der Waals surface area contributed by atoms with Crippen LogP contribution in [0, 0.1) is 0 Å². The van der Waals surface area contributed by atoms with Gasteiger partial charge in [-0.15, -0.1) is 11.3 Å². The zero-order valence-corrected chi connectivity index (χ0v) is 12.1. The Morgan fingerprint density at radius 2 is 2.00 bits per heavy atom. The Labute approximate surface area is 109 Å². The molecule has 0 aliphatic heterocycles. The van der Waals surface area contributed by atoms with Crippen LogP contribution in [0.4, 0.5) is 0 Å². The summed E-state index contributed by atoms with van der Waals surface area (Å²) in [6.45, 7) is 2.10. The Balaban J connectivity index is 2.71. The van der Waals surface area contributed by atoms with Crippen LogP contribution in [0.5, 0.6) is 0 Å². The summed E-state index contributed by atoms with van der Waals surface area (Å²) in [7, 11) is -3.38. The third-order valence-electron chi connectivity index (χ3n) is 1.97. The van der Waals surface area contributed by atoms with Crippen LogP contribution in [0.3, 0.4) is 0 Å². The first-order chi connectivity index (χ1) is 7.35. The van der Waals surface area contributed by atoms with Crippen LogP contribution >= 0.6 is 34.5 Å². The Kier molecular flexibility index (Phi) is 5.07. The summed E-state index contributed by atoms with van der Waals surface area (Å²) in [5.41, 5.74) is 0.980. The first kappa shape index (κ1) is 14.3. The maximum atomic E-state index is 10.8. The van der Waals surface area contributed by atoms with E-state index in [0.29, 0.717) is 15.8 Å². The van der Waals surface area contributed by atoms with Gasteiger partial charge >= 0.3 is 0 Å². The maximum Gasteiger partial charge on any atom is 0.264 e. The molecule has 0 fully saturated rings. The van der Waals surface area contributed by atoms with Gasteiger partial charge in [0.2, 0.25) is 0 Å². The van der Waals surface area contributed by atoms with Gasteiger partial charge in [0.25, 0.3) is 10.1 Å². The molecule has 0 radical (unpaired) electrons. The highest BCUT2D eigenvalue weighted by Crippen LogP contribution is 2.37. The Morgan fingerprint density at radius 3 is 2.50 bits per heavy atom. The van der Waals surface area contributed by atoms with Crippen LogP contribution < -0.4 is 0 Å². The van der Waals surface area contributed by atoms with Gasteiger partial charge in [-0.3, -0.25) is 4.18 Å². The molecule has 0 aliphatic carbocycles. The smallest absolute Gasteiger partial charge is 0.264 e. The molecule has 0 atom stereocenters.